The van der Waals surface area contributed by atoms with E-state index in [0.29, 0.717) is 29.4 Å². The van der Waals surface area contributed by atoms with Gasteiger partial charge in [0.1, 0.15) is 18.2 Å². The first-order valence-corrected chi connectivity index (χ1v) is 12.0. The van der Waals surface area contributed by atoms with Gasteiger partial charge in [0.25, 0.3) is 0 Å². The van der Waals surface area contributed by atoms with Crippen LogP contribution in [0, 0.1) is 6.92 Å². The summed E-state index contributed by atoms with van der Waals surface area (Å²) in [5.74, 6) is -0.149. The molecule has 194 valence electrons. The molecule has 0 unspecified atom stereocenters. The number of benzene rings is 1. The largest absolute Gasteiger partial charge is 0.489 e. The lowest BCUT2D eigenvalue weighted by atomic mass is 10.1. The number of esters is 1. The van der Waals surface area contributed by atoms with Gasteiger partial charge >= 0.3 is 5.97 Å². The van der Waals surface area contributed by atoms with Crippen LogP contribution in [0.5, 0.6) is 5.75 Å². The Hall–Kier alpha value is -4.92. The number of Topliss-reactive ketones (excluding diaryl/α,β-unsaturated/α-hetero) is 1. The number of aromatic amines is 1. The average Bonchev–Trinajstić information content (AvgIpc) is 3.44. The first-order valence-electron chi connectivity index (χ1n) is 12.0. The summed E-state index contributed by atoms with van der Waals surface area (Å²) in [6.45, 7) is 9.50. The fourth-order valence-corrected chi connectivity index (χ4v) is 3.81. The normalized spacial score (nSPS) is 14.2. The van der Waals surface area contributed by atoms with Crippen LogP contribution >= 0.6 is 0 Å². The molecule has 9 heteroatoms. The topological polar surface area (TPSA) is 115 Å². The molecule has 0 radical (unpaired) electrons. The Morgan fingerprint density at radius 3 is 2.74 bits per heavy atom. The number of nitrogens with one attached hydrogen (secondary N) is 2. The molecule has 3 aromatic rings. The van der Waals surface area contributed by atoms with Gasteiger partial charge in [0, 0.05) is 35.4 Å². The van der Waals surface area contributed by atoms with Crippen LogP contribution in [-0.4, -0.2) is 35.0 Å². The highest BCUT2D eigenvalue weighted by Crippen LogP contribution is 2.33. The molecule has 0 amide bonds. The number of carbonyl (C=O) groups is 2. The molecule has 9 nitrogen and oxygen atoms in total. The van der Waals surface area contributed by atoms with Crippen LogP contribution in [0.15, 0.2) is 77.2 Å². The van der Waals surface area contributed by atoms with Gasteiger partial charge < -0.3 is 24.5 Å². The van der Waals surface area contributed by atoms with Crippen molar-refractivity contribution in [3.8, 4) is 5.75 Å². The molecule has 2 N–H and O–H groups in total. The van der Waals surface area contributed by atoms with E-state index < -0.39 is 11.8 Å². The Bertz CT molecular complexity index is 1450. The zero-order valence-corrected chi connectivity index (χ0v) is 21.4. The van der Waals surface area contributed by atoms with Crippen molar-refractivity contribution in [3.05, 3.63) is 94.5 Å². The summed E-state index contributed by atoms with van der Waals surface area (Å²) in [5, 5.41) is 3.08. The molecule has 1 aliphatic rings. The number of allylic oxidation sites excluding steroid dienone is 2. The number of rotatable bonds is 10. The van der Waals surface area contributed by atoms with Gasteiger partial charge in [-0.15, -0.1) is 0 Å². The molecular formula is C29H28N4O5. The van der Waals surface area contributed by atoms with E-state index in [2.05, 4.69) is 27.0 Å². The third-order valence-electron chi connectivity index (χ3n) is 5.68. The minimum atomic E-state index is -0.769. The minimum absolute atomic E-state index is 0.00144. The maximum atomic E-state index is 13.3. The third kappa shape index (κ3) is 5.73. The predicted octanol–water partition coefficient (Wildman–Crippen LogP) is 5.49. The number of aromatic nitrogens is 2. The number of anilines is 1. The third-order valence-corrected chi connectivity index (χ3v) is 5.68. The van der Waals surface area contributed by atoms with E-state index in [1.54, 1.807) is 43.7 Å². The molecule has 1 aromatic carbocycles. The summed E-state index contributed by atoms with van der Waals surface area (Å²) >= 11 is 0. The Balaban J connectivity index is 1.59. The number of hydrogen-bond donors (Lipinski definition) is 2. The van der Waals surface area contributed by atoms with Crippen LogP contribution in [0.3, 0.4) is 0 Å². The molecule has 0 aliphatic carbocycles. The first kappa shape index (κ1) is 26.2. The summed E-state index contributed by atoms with van der Waals surface area (Å²) in [5.41, 5.74) is 3.65. The fourth-order valence-electron chi connectivity index (χ4n) is 3.81. The van der Waals surface area contributed by atoms with E-state index >= 15 is 0 Å². The zero-order valence-electron chi connectivity index (χ0n) is 21.4. The Kier molecular flexibility index (Phi) is 8.17. The minimum Gasteiger partial charge on any atom is -0.489 e. The van der Waals surface area contributed by atoms with Crippen molar-refractivity contribution in [2.24, 2.45) is 4.99 Å². The lowest BCUT2D eigenvalue weighted by Gasteiger charge is -2.13. The fraction of sp³-hybridized carbons (Fsp3) is 0.172. The zero-order chi connectivity index (χ0) is 27.1. The molecule has 0 fully saturated rings. The molecule has 0 spiro atoms. The molecular weight excluding hydrogens is 484 g/mol. The summed E-state index contributed by atoms with van der Waals surface area (Å²) < 4.78 is 16.9. The van der Waals surface area contributed by atoms with Crippen LogP contribution in [0.1, 0.15) is 36.1 Å². The average molecular weight is 513 g/mol. The molecule has 0 saturated heterocycles. The van der Waals surface area contributed by atoms with E-state index in [1.807, 2.05) is 44.2 Å². The Morgan fingerprint density at radius 1 is 1.26 bits per heavy atom. The maximum absolute atomic E-state index is 13.3. The van der Waals surface area contributed by atoms with Gasteiger partial charge in [0.2, 0.25) is 11.7 Å². The summed E-state index contributed by atoms with van der Waals surface area (Å²) in [4.78, 5) is 37.0. The lowest BCUT2D eigenvalue weighted by Crippen LogP contribution is -2.16. The highest BCUT2D eigenvalue weighted by molar-refractivity contribution is 6.26. The molecule has 2 aromatic heterocycles. The SMILES string of the molecule is C=Nc1[nH]cc(/C=C2\OC(Nc3ccc(OCc4ccncc4)cc3C)=C(C(=O)OCC)C2=O)c1/C=C\C. The van der Waals surface area contributed by atoms with Crippen molar-refractivity contribution >= 4 is 42.1 Å². The summed E-state index contributed by atoms with van der Waals surface area (Å²) in [6, 6.07) is 9.21. The first-order chi connectivity index (χ1) is 18.4. The molecule has 1 aliphatic heterocycles. The van der Waals surface area contributed by atoms with Gasteiger partial charge in [-0.3, -0.25) is 9.78 Å². The number of hydrogen-bond acceptors (Lipinski definition) is 8. The Morgan fingerprint density at radius 2 is 2.05 bits per heavy atom. The van der Waals surface area contributed by atoms with Crippen molar-refractivity contribution in [3.63, 3.8) is 0 Å². The van der Waals surface area contributed by atoms with E-state index in [0.717, 1.165) is 16.7 Å². The van der Waals surface area contributed by atoms with Crippen molar-refractivity contribution < 1.29 is 23.8 Å². The number of nitrogens with zero attached hydrogens (tertiary/aromatic N) is 2. The number of aliphatic imine (C=N–C) groups is 1. The van der Waals surface area contributed by atoms with Crippen LogP contribution < -0.4 is 10.1 Å². The van der Waals surface area contributed by atoms with Crippen LogP contribution in [0.2, 0.25) is 0 Å². The molecule has 0 atom stereocenters. The van der Waals surface area contributed by atoms with Gasteiger partial charge in [-0.05, 0) is 75.0 Å². The molecule has 0 bridgehead atoms. The van der Waals surface area contributed by atoms with E-state index in [4.69, 9.17) is 14.2 Å². The van der Waals surface area contributed by atoms with Gasteiger partial charge in [0.15, 0.2) is 11.3 Å². The highest BCUT2D eigenvalue weighted by Gasteiger charge is 2.37. The lowest BCUT2D eigenvalue weighted by molar-refractivity contribution is -0.139. The molecule has 3 heterocycles. The molecule has 4 rings (SSSR count). The Labute approximate surface area is 220 Å². The van der Waals surface area contributed by atoms with E-state index in [9.17, 15) is 9.59 Å². The van der Waals surface area contributed by atoms with E-state index in [1.165, 1.54) is 0 Å². The predicted molar refractivity (Wildman–Crippen MR) is 146 cm³/mol. The van der Waals surface area contributed by atoms with Crippen molar-refractivity contribution in [1.82, 2.24) is 9.97 Å². The van der Waals surface area contributed by atoms with Crippen LogP contribution in [0.4, 0.5) is 11.5 Å². The maximum Gasteiger partial charge on any atom is 0.347 e. The number of ether oxygens (including phenoxy) is 3. The summed E-state index contributed by atoms with van der Waals surface area (Å²) in [7, 11) is 0. The number of H-pyrrole nitrogens is 1. The summed E-state index contributed by atoms with van der Waals surface area (Å²) in [6.07, 6.45) is 10.4. The number of ketones is 1. The van der Waals surface area contributed by atoms with E-state index in [-0.39, 0.29) is 23.8 Å². The quantitative estimate of drug-likeness (QED) is 0.160. The standard InChI is InChI=1S/C29H28N4O5/c1-5-7-22-20(16-32-27(22)30-4)15-24-26(34)25(29(35)36-6-2)28(38-24)33-23-9-8-21(14-18(23)3)37-17-19-10-12-31-13-11-19/h5,7-16,32-33H,4,6,17H2,1-3H3/b7-5-,24-15-. The second-order valence-corrected chi connectivity index (χ2v) is 8.27. The number of carbonyl (C=O) groups excluding carboxylic acids is 2. The second kappa shape index (κ2) is 11.9. The smallest absolute Gasteiger partial charge is 0.347 e. The van der Waals surface area contributed by atoms with Crippen LogP contribution in [0.25, 0.3) is 12.2 Å². The van der Waals surface area contributed by atoms with Crippen LogP contribution in [-0.2, 0) is 25.7 Å². The second-order valence-electron chi connectivity index (χ2n) is 8.27. The van der Waals surface area contributed by atoms with Gasteiger partial charge in [-0.1, -0.05) is 12.2 Å². The molecule has 0 saturated carbocycles. The van der Waals surface area contributed by atoms with Crippen molar-refractivity contribution in [2.75, 3.05) is 11.9 Å². The van der Waals surface area contributed by atoms with Crippen molar-refractivity contribution in [1.29, 1.82) is 0 Å². The molecule has 38 heavy (non-hydrogen) atoms. The highest BCUT2D eigenvalue weighted by atomic mass is 16.5. The van der Waals surface area contributed by atoms with Gasteiger partial charge in [-0.25, -0.2) is 9.79 Å². The van der Waals surface area contributed by atoms with Crippen molar-refractivity contribution in [2.45, 2.75) is 27.4 Å². The number of aryl methyl sites for hydroxylation is 1. The van der Waals surface area contributed by atoms with Gasteiger partial charge in [0.05, 0.1) is 6.61 Å². The monoisotopic (exact) mass is 512 g/mol. The number of pyridine rings is 1. The van der Waals surface area contributed by atoms with Gasteiger partial charge in [-0.2, -0.15) is 0 Å².